The van der Waals surface area contributed by atoms with E-state index >= 15 is 0 Å². The average molecular weight is 309 g/mol. The first-order valence-corrected chi connectivity index (χ1v) is 5.79. The van der Waals surface area contributed by atoms with Crippen LogP contribution in [-0.4, -0.2) is 41.6 Å². The van der Waals surface area contributed by atoms with Gasteiger partial charge < -0.3 is 14.8 Å². The average Bonchev–Trinajstić information content (AvgIpc) is 2.58. The highest BCUT2D eigenvalue weighted by Gasteiger charge is 2.20. The van der Waals surface area contributed by atoms with E-state index in [0.29, 0.717) is 0 Å². The third-order valence-corrected chi connectivity index (χ3v) is 3.03. The van der Waals surface area contributed by atoms with Crippen LogP contribution in [0.25, 0.3) is 0 Å². The van der Waals surface area contributed by atoms with Crippen LogP contribution in [0.1, 0.15) is 10.5 Å². The van der Waals surface area contributed by atoms with Crippen molar-refractivity contribution in [3.63, 3.8) is 0 Å². The number of amides is 1. The zero-order valence-corrected chi connectivity index (χ0v) is 11.5. The summed E-state index contributed by atoms with van der Waals surface area (Å²) in [6.07, 6.45) is 1.90. The van der Waals surface area contributed by atoms with Crippen LogP contribution in [0, 0.1) is 0 Å². The van der Waals surface area contributed by atoms with Gasteiger partial charge in [0.25, 0.3) is 5.91 Å². The van der Waals surface area contributed by atoms with Crippen LogP contribution in [0.3, 0.4) is 0 Å². The second-order valence-corrected chi connectivity index (χ2v) is 4.61. The summed E-state index contributed by atoms with van der Waals surface area (Å²) in [4.78, 5) is 14.0. The van der Waals surface area contributed by atoms with Crippen LogP contribution in [0.15, 0.2) is 16.7 Å². The lowest BCUT2D eigenvalue weighted by Gasteiger charge is -2.27. The highest BCUT2D eigenvalue weighted by Crippen LogP contribution is 2.15. The van der Waals surface area contributed by atoms with Gasteiger partial charge in [-0.05, 0) is 22.0 Å². The Morgan fingerprint density at radius 1 is 1.44 bits per heavy atom. The van der Waals surface area contributed by atoms with Crippen LogP contribution in [0.5, 0.6) is 0 Å². The van der Waals surface area contributed by atoms with Gasteiger partial charge in [0.2, 0.25) is 0 Å². The molecular formula is C10H15BrClN3O. The molecule has 16 heavy (non-hydrogen) atoms. The summed E-state index contributed by atoms with van der Waals surface area (Å²) in [5.74, 6) is 0.115. The van der Waals surface area contributed by atoms with Gasteiger partial charge in [0.05, 0.1) is 0 Å². The number of hydrogen-bond acceptors (Lipinski definition) is 2. The third-order valence-electron chi connectivity index (χ3n) is 2.59. The molecule has 0 saturated carbocycles. The van der Waals surface area contributed by atoms with E-state index in [1.54, 1.807) is 0 Å². The first kappa shape index (κ1) is 13.5. The summed E-state index contributed by atoms with van der Waals surface area (Å²) in [5.41, 5.74) is 0.740. The standard InChI is InChI=1S/C10H14BrN3O.ClH/c1-13-7-8(11)6-9(13)10(15)14-4-2-12-3-5-14;/h6-7,12H,2-5H2,1H3;1H. The van der Waals surface area contributed by atoms with Gasteiger partial charge in [-0.1, -0.05) is 0 Å². The Bertz CT molecular complexity index is 374. The molecule has 4 nitrogen and oxygen atoms in total. The monoisotopic (exact) mass is 307 g/mol. The van der Waals surface area contributed by atoms with Crippen molar-refractivity contribution in [1.29, 1.82) is 0 Å². The van der Waals surface area contributed by atoms with E-state index in [2.05, 4.69) is 21.2 Å². The SMILES string of the molecule is Cl.Cn1cc(Br)cc1C(=O)N1CCNCC1. The first-order chi connectivity index (χ1) is 7.18. The predicted octanol–water partition coefficient (Wildman–Crippen LogP) is 1.25. The number of halogens is 2. The summed E-state index contributed by atoms with van der Waals surface area (Å²) in [5, 5.41) is 3.23. The van der Waals surface area contributed by atoms with Gasteiger partial charge in [-0.2, -0.15) is 0 Å². The number of nitrogens with one attached hydrogen (secondary N) is 1. The van der Waals surface area contributed by atoms with Crippen molar-refractivity contribution < 1.29 is 4.79 Å². The number of hydrogen-bond donors (Lipinski definition) is 1. The van der Waals surface area contributed by atoms with E-state index in [0.717, 1.165) is 36.3 Å². The number of carbonyl (C=O) groups excluding carboxylic acids is 1. The van der Waals surface area contributed by atoms with Gasteiger partial charge in [0.15, 0.2) is 0 Å². The van der Waals surface area contributed by atoms with E-state index in [4.69, 9.17) is 0 Å². The molecule has 1 aliphatic rings. The van der Waals surface area contributed by atoms with Gasteiger partial charge in [0.1, 0.15) is 5.69 Å². The molecule has 0 spiro atoms. The molecule has 2 rings (SSSR count). The summed E-state index contributed by atoms with van der Waals surface area (Å²) in [6, 6.07) is 1.87. The minimum absolute atomic E-state index is 0. The second-order valence-electron chi connectivity index (χ2n) is 3.70. The van der Waals surface area contributed by atoms with E-state index < -0.39 is 0 Å². The predicted molar refractivity (Wildman–Crippen MR) is 69.1 cm³/mol. The number of aryl methyl sites for hydroxylation is 1. The number of carbonyl (C=O) groups is 1. The maximum absolute atomic E-state index is 12.1. The van der Waals surface area contributed by atoms with E-state index in [-0.39, 0.29) is 18.3 Å². The Morgan fingerprint density at radius 2 is 2.06 bits per heavy atom. The topological polar surface area (TPSA) is 37.3 Å². The molecule has 90 valence electrons. The Hall–Kier alpha value is -0.520. The summed E-state index contributed by atoms with van der Waals surface area (Å²) >= 11 is 3.37. The molecule has 0 radical (unpaired) electrons. The fraction of sp³-hybridized carbons (Fsp3) is 0.500. The largest absolute Gasteiger partial charge is 0.345 e. The molecule has 1 aromatic rings. The van der Waals surface area contributed by atoms with Gasteiger partial charge in [-0.25, -0.2) is 0 Å². The third kappa shape index (κ3) is 2.78. The minimum atomic E-state index is 0. The first-order valence-electron chi connectivity index (χ1n) is 5.00. The normalized spacial score (nSPS) is 15.8. The summed E-state index contributed by atoms with van der Waals surface area (Å²) in [7, 11) is 1.89. The Labute approximate surface area is 110 Å². The van der Waals surface area contributed by atoms with Gasteiger partial charge >= 0.3 is 0 Å². The Kier molecular flexibility index (Phi) is 4.83. The minimum Gasteiger partial charge on any atom is -0.345 e. The summed E-state index contributed by atoms with van der Waals surface area (Å²) in [6.45, 7) is 3.36. The number of piperazine rings is 1. The molecule has 2 heterocycles. The molecule has 0 atom stereocenters. The molecule has 0 aromatic carbocycles. The van der Waals surface area contributed by atoms with Gasteiger partial charge in [-0.15, -0.1) is 12.4 Å². The van der Waals surface area contributed by atoms with Gasteiger partial charge in [-0.3, -0.25) is 4.79 Å². The van der Waals surface area contributed by atoms with Crippen molar-refractivity contribution in [2.24, 2.45) is 7.05 Å². The molecule has 6 heteroatoms. The van der Waals surface area contributed by atoms with E-state index in [9.17, 15) is 4.79 Å². The number of rotatable bonds is 1. The fourth-order valence-electron chi connectivity index (χ4n) is 1.77. The van der Waals surface area contributed by atoms with Crippen molar-refractivity contribution in [1.82, 2.24) is 14.8 Å². The van der Waals surface area contributed by atoms with Crippen LogP contribution in [-0.2, 0) is 7.05 Å². The molecule has 1 N–H and O–H groups in total. The molecule has 1 aromatic heterocycles. The molecule has 1 saturated heterocycles. The second kappa shape index (κ2) is 5.70. The Morgan fingerprint density at radius 3 is 2.56 bits per heavy atom. The lowest BCUT2D eigenvalue weighted by atomic mass is 10.3. The van der Waals surface area contributed by atoms with Gasteiger partial charge in [0, 0.05) is 43.9 Å². The Balaban J connectivity index is 0.00000128. The molecule has 0 unspecified atom stereocenters. The molecule has 0 bridgehead atoms. The van der Waals surface area contributed by atoms with Crippen LogP contribution >= 0.6 is 28.3 Å². The molecule has 1 amide bonds. The van der Waals surface area contributed by atoms with Crippen molar-refractivity contribution in [3.05, 3.63) is 22.4 Å². The molecular weight excluding hydrogens is 293 g/mol. The number of aromatic nitrogens is 1. The maximum atomic E-state index is 12.1. The molecule has 1 aliphatic heterocycles. The highest BCUT2D eigenvalue weighted by molar-refractivity contribution is 9.10. The highest BCUT2D eigenvalue weighted by atomic mass is 79.9. The molecule has 0 aliphatic carbocycles. The summed E-state index contributed by atoms with van der Waals surface area (Å²) < 4.78 is 2.80. The lowest BCUT2D eigenvalue weighted by Crippen LogP contribution is -2.46. The van der Waals surface area contributed by atoms with E-state index in [1.807, 2.05) is 28.8 Å². The van der Waals surface area contributed by atoms with E-state index in [1.165, 1.54) is 0 Å². The van der Waals surface area contributed by atoms with Crippen molar-refractivity contribution in [2.45, 2.75) is 0 Å². The van der Waals surface area contributed by atoms with Crippen LogP contribution in [0.4, 0.5) is 0 Å². The molecule has 1 fully saturated rings. The number of nitrogens with zero attached hydrogens (tertiary/aromatic N) is 2. The zero-order valence-electron chi connectivity index (χ0n) is 9.07. The van der Waals surface area contributed by atoms with Crippen molar-refractivity contribution >= 4 is 34.2 Å². The van der Waals surface area contributed by atoms with Crippen molar-refractivity contribution in [3.8, 4) is 0 Å². The lowest BCUT2D eigenvalue weighted by molar-refractivity contribution is 0.0726. The quantitative estimate of drug-likeness (QED) is 0.848. The van der Waals surface area contributed by atoms with Crippen molar-refractivity contribution in [2.75, 3.05) is 26.2 Å². The smallest absolute Gasteiger partial charge is 0.270 e. The fourth-order valence-corrected chi connectivity index (χ4v) is 2.29. The van der Waals surface area contributed by atoms with Crippen LogP contribution in [0.2, 0.25) is 0 Å². The zero-order chi connectivity index (χ0) is 10.8. The van der Waals surface area contributed by atoms with Crippen LogP contribution < -0.4 is 5.32 Å². The maximum Gasteiger partial charge on any atom is 0.270 e.